The van der Waals surface area contributed by atoms with Gasteiger partial charge in [0, 0.05) is 25.5 Å². The summed E-state index contributed by atoms with van der Waals surface area (Å²) >= 11 is 0. The molecular formula is C19H20N4O5S. The van der Waals surface area contributed by atoms with Crippen LogP contribution in [0.5, 0.6) is 0 Å². The summed E-state index contributed by atoms with van der Waals surface area (Å²) in [5, 5.41) is 11.7. The van der Waals surface area contributed by atoms with E-state index in [9.17, 15) is 18.0 Å². The van der Waals surface area contributed by atoms with Crippen molar-refractivity contribution in [2.45, 2.75) is 23.8 Å². The third-order valence-corrected chi connectivity index (χ3v) is 6.62. The van der Waals surface area contributed by atoms with Gasteiger partial charge in [0.1, 0.15) is 16.6 Å². The van der Waals surface area contributed by atoms with Crippen LogP contribution in [-0.4, -0.2) is 48.9 Å². The summed E-state index contributed by atoms with van der Waals surface area (Å²) in [6, 6.07) is 8.74. The molecule has 2 aromatic rings. The number of sulfonamides is 1. The zero-order valence-corrected chi connectivity index (χ0v) is 16.8. The number of nitriles is 1. The Bertz CT molecular complexity index is 1100. The normalized spacial score (nSPS) is 16.9. The number of carbonyl (C=O) groups is 2. The van der Waals surface area contributed by atoms with Crippen LogP contribution in [0.1, 0.15) is 28.9 Å². The van der Waals surface area contributed by atoms with Crippen LogP contribution in [0.25, 0.3) is 0 Å². The van der Waals surface area contributed by atoms with Gasteiger partial charge in [0.25, 0.3) is 0 Å². The predicted molar refractivity (Wildman–Crippen MR) is 103 cm³/mol. The highest BCUT2D eigenvalue weighted by molar-refractivity contribution is 7.89. The molecule has 0 unspecified atom stereocenters. The van der Waals surface area contributed by atoms with Gasteiger partial charge in [0.05, 0.1) is 18.7 Å². The van der Waals surface area contributed by atoms with Crippen molar-refractivity contribution in [2.75, 3.05) is 19.0 Å². The minimum atomic E-state index is -3.99. The van der Waals surface area contributed by atoms with Crippen molar-refractivity contribution >= 4 is 27.6 Å². The van der Waals surface area contributed by atoms with Gasteiger partial charge in [-0.15, -0.1) is 0 Å². The summed E-state index contributed by atoms with van der Waals surface area (Å²) in [5.74, 6) is -1.12. The Hall–Kier alpha value is -3.16. The van der Waals surface area contributed by atoms with Crippen molar-refractivity contribution in [1.29, 1.82) is 5.26 Å². The number of anilines is 1. The molecule has 1 aromatic heterocycles. The van der Waals surface area contributed by atoms with E-state index in [0.717, 1.165) is 4.31 Å². The third kappa shape index (κ3) is 4.01. The number of carbonyl (C=O) groups excluding carboxylic acids is 2. The minimum absolute atomic E-state index is 0.0772. The van der Waals surface area contributed by atoms with Gasteiger partial charge in [-0.2, -0.15) is 9.57 Å². The summed E-state index contributed by atoms with van der Waals surface area (Å²) in [5.41, 5.74) is 0.906. The van der Waals surface area contributed by atoms with Crippen molar-refractivity contribution in [3.8, 4) is 6.07 Å². The summed E-state index contributed by atoms with van der Waals surface area (Å²) in [7, 11) is -1.23. The molecule has 1 amide bonds. The standard InChI is InChI=1S/C19H20N4O5S/c1-22-12-15(10-17(22)19(25)28-2)29(26,27)23-8-4-7-16(23)18(24)21-14-6-3-5-13(9-14)11-20/h3,5-6,9-10,12,16H,4,7-8H2,1-2H3,(H,21,24)/t16-/m1/s1. The lowest BCUT2D eigenvalue weighted by molar-refractivity contribution is -0.119. The number of aryl methyl sites for hydroxylation is 1. The van der Waals surface area contributed by atoms with Crippen LogP contribution in [0.2, 0.25) is 0 Å². The average molecular weight is 416 g/mol. The number of methoxy groups -OCH3 is 1. The van der Waals surface area contributed by atoms with Gasteiger partial charge in [-0.3, -0.25) is 4.79 Å². The second-order valence-corrected chi connectivity index (χ2v) is 8.51. The highest BCUT2D eigenvalue weighted by Crippen LogP contribution is 2.28. The molecule has 1 aliphatic rings. The molecule has 1 fully saturated rings. The maximum atomic E-state index is 13.1. The Morgan fingerprint density at radius 1 is 1.31 bits per heavy atom. The molecular weight excluding hydrogens is 396 g/mol. The summed E-state index contributed by atoms with van der Waals surface area (Å²) < 4.78 is 33.4. The molecule has 152 valence electrons. The van der Waals surface area contributed by atoms with E-state index in [4.69, 9.17) is 5.26 Å². The lowest BCUT2D eigenvalue weighted by atomic mass is 10.2. The molecule has 10 heteroatoms. The summed E-state index contributed by atoms with van der Waals surface area (Å²) in [6.45, 7) is 0.196. The lowest BCUT2D eigenvalue weighted by Crippen LogP contribution is -2.43. The van der Waals surface area contributed by atoms with Crippen molar-refractivity contribution in [2.24, 2.45) is 7.05 Å². The highest BCUT2D eigenvalue weighted by atomic mass is 32.2. The zero-order chi connectivity index (χ0) is 21.2. The fraction of sp³-hybridized carbons (Fsp3) is 0.316. The largest absolute Gasteiger partial charge is 0.464 e. The monoisotopic (exact) mass is 416 g/mol. The molecule has 1 saturated heterocycles. The molecule has 2 heterocycles. The molecule has 1 aromatic carbocycles. The number of benzene rings is 1. The average Bonchev–Trinajstić information content (AvgIpc) is 3.35. The Morgan fingerprint density at radius 2 is 2.07 bits per heavy atom. The van der Waals surface area contributed by atoms with E-state index in [2.05, 4.69) is 10.1 Å². The first-order chi connectivity index (χ1) is 13.8. The molecule has 0 spiro atoms. The number of nitrogens with one attached hydrogen (secondary N) is 1. The number of hydrogen-bond acceptors (Lipinski definition) is 6. The van der Waals surface area contributed by atoms with E-state index in [1.165, 1.54) is 30.0 Å². The summed E-state index contributed by atoms with van der Waals surface area (Å²) in [6.07, 6.45) is 2.23. The van der Waals surface area contributed by atoms with Crippen molar-refractivity contribution in [1.82, 2.24) is 8.87 Å². The Kier molecular flexibility index (Phi) is 5.72. The number of nitrogens with zero attached hydrogens (tertiary/aromatic N) is 3. The van der Waals surface area contributed by atoms with E-state index in [1.807, 2.05) is 6.07 Å². The van der Waals surface area contributed by atoms with E-state index in [0.29, 0.717) is 24.1 Å². The molecule has 0 bridgehead atoms. The van der Waals surface area contributed by atoms with Crippen molar-refractivity contribution < 1.29 is 22.7 Å². The quantitative estimate of drug-likeness (QED) is 0.737. The second kappa shape index (κ2) is 8.06. The van der Waals surface area contributed by atoms with E-state index < -0.39 is 27.9 Å². The van der Waals surface area contributed by atoms with Gasteiger partial charge >= 0.3 is 5.97 Å². The van der Waals surface area contributed by atoms with Gasteiger partial charge in [0.15, 0.2) is 0 Å². The van der Waals surface area contributed by atoms with Crippen LogP contribution in [0.3, 0.4) is 0 Å². The Labute approximate surface area is 168 Å². The molecule has 9 nitrogen and oxygen atoms in total. The Morgan fingerprint density at radius 3 is 2.76 bits per heavy atom. The van der Waals surface area contributed by atoms with Crippen LogP contribution < -0.4 is 5.32 Å². The molecule has 0 radical (unpaired) electrons. The molecule has 0 saturated carbocycles. The number of hydrogen-bond donors (Lipinski definition) is 1. The molecule has 0 aliphatic carbocycles. The van der Waals surface area contributed by atoms with Crippen LogP contribution in [-0.2, 0) is 26.6 Å². The molecule has 1 N–H and O–H groups in total. The highest BCUT2D eigenvalue weighted by Gasteiger charge is 2.40. The number of amides is 1. The maximum Gasteiger partial charge on any atom is 0.354 e. The first-order valence-corrected chi connectivity index (χ1v) is 10.3. The van der Waals surface area contributed by atoms with Gasteiger partial charge < -0.3 is 14.6 Å². The Balaban J connectivity index is 1.85. The molecule has 1 aliphatic heterocycles. The van der Waals surface area contributed by atoms with Crippen LogP contribution >= 0.6 is 0 Å². The van der Waals surface area contributed by atoms with E-state index in [-0.39, 0.29) is 17.1 Å². The fourth-order valence-electron chi connectivity index (χ4n) is 3.30. The van der Waals surface area contributed by atoms with Gasteiger partial charge in [0.2, 0.25) is 15.9 Å². The summed E-state index contributed by atoms with van der Waals surface area (Å²) in [4.78, 5) is 24.5. The lowest BCUT2D eigenvalue weighted by Gasteiger charge is -2.23. The van der Waals surface area contributed by atoms with Crippen molar-refractivity contribution in [3.63, 3.8) is 0 Å². The first-order valence-electron chi connectivity index (χ1n) is 8.85. The predicted octanol–water partition coefficient (Wildman–Crippen LogP) is 1.48. The second-order valence-electron chi connectivity index (χ2n) is 6.62. The minimum Gasteiger partial charge on any atom is -0.464 e. The maximum absolute atomic E-state index is 13.1. The number of aromatic nitrogens is 1. The van der Waals surface area contributed by atoms with E-state index >= 15 is 0 Å². The van der Waals surface area contributed by atoms with Gasteiger partial charge in [-0.05, 0) is 37.1 Å². The van der Waals surface area contributed by atoms with Crippen LogP contribution in [0.4, 0.5) is 5.69 Å². The molecule has 29 heavy (non-hydrogen) atoms. The molecule has 1 atom stereocenters. The van der Waals surface area contributed by atoms with Crippen molar-refractivity contribution in [3.05, 3.63) is 47.8 Å². The van der Waals surface area contributed by atoms with Crippen LogP contribution in [0, 0.1) is 11.3 Å². The smallest absolute Gasteiger partial charge is 0.354 e. The van der Waals surface area contributed by atoms with Gasteiger partial charge in [-0.25, -0.2) is 13.2 Å². The van der Waals surface area contributed by atoms with Gasteiger partial charge in [-0.1, -0.05) is 6.07 Å². The van der Waals surface area contributed by atoms with Crippen LogP contribution in [0.15, 0.2) is 41.4 Å². The molecule has 3 rings (SSSR count). The number of ether oxygens (including phenoxy) is 1. The fourth-order valence-corrected chi connectivity index (χ4v) is 5.03. The van der Waals surface area contributed by atoms with E-state index in [1.54, 1.807) is 25.2 Å². The topological polar surface area (TPSA) is 122 Å². The SMILES string of the molecule is COC(=O)c1cc(S(=O)(=O)N2CCC[C@@H]2C(=O)Nc2cccc(C#N)c2)cn1C. The number of rotatable bonds is 5. The third-order valence-electron chi connectivity index (χ3n) is 4.75. The number of esters is 1. The first kappa shape index (κ1) is 20.6. The zero-order valence-electron chi connectivity index (χ0n) is 16.0.